The molecule has 0 radical (unpaired) electrons. The van der Waals surface area contributed by atoms with Crippen molar-refractivity contribution in [3.8, 4) is 5.75 Å². The molecule has 0 saturated heterocycles. The second kappa shape index (κ2) is 11.8. The molecule has 0 aliphatic rings. The number of methoxy groups -OCH3 is 1. The Hall–Kier alpha value is -2.07. The van der Waals surface area contributed by atoms with Crippen LogP contribution >= 0.6 is 0 Å². The van der Waals surface area contributed by atoms with E-state index < -0.39 is 0 Å². The van der Waals surface area contributed by atoms with Crippen molar-refractivity contribution >= 4 is 16.7 Å². The van der Waals surface area contributed by atoms with Crippen LogP contribution in [0.2, 0.25) is 0 Å². The lowest BCUT2D eigenvalue weighted by molar-refractivity contribution is -0.123. The van der Waals surface area contributed by atoms with Gasteiger partial charge in [-0.05, 0) is 74.3 Å². The van der Waals surface area contributed by atoms with Crippen LogP contribution in [0.15, 0.2) is 36.4 Å². The Labute approximate surface area is 176 Å². The lowest BCUT2D eigenvalue weighted by atomic mass is 9.96. The summed E-state index contributed by atoms with van der Waals surface area (Å²) >= 11 is 0. The van der Waals surface area contributed by atoms with E-state index in [2.05, 4.69) is 55.3 Å². The molecule has 160 valence electrons. The molecule has 0 spiro atoms. The number of hydrogen-bond acceptors (Lipinski definition) is 3. The van der Waals surface area contributed by atoms with Gasteiger partial charge in [-0.15, -0.1) is 0 Å². The highest BCUT2D eigenvalue weighted by Gasteiger charge is 2.19. The van der Waals surface area contributed by atoms with Gasteiger partial charge < -0.3 is 15.0 Å². The second-order valence-corrected chi connectivity index (χ2v) is 7.86. The maximum atomic E-state index is 12.9. The lowest BCUT2D eigenvalue weighted by Gasteiger charge is -2.23. The first-order chi connectivity index (χ1) is 14.0. The Morgan fingerprint density at radius 1 is 1.03 bits per heavy atom. The highest BCUT2D eigenvalue weighted by molar-refractivity contribution is 5.88. The van der Waals surface area contributed by atoms with Gasteiger partial charge in [0.1, 0.15) is 5.75 Å². The molecule has 0 bridgehead atoms. The Morgan fingerprint density at radius 2 is 1.72 bits per heavy atom. The number of carbonyl (C=O) groups excluding carboxylic acids is 1. The summed E-state index contributed by atoms with van der Waals surface area (Å²) in [4.78, 5) is 15.4. The zero-order valence-corrected chi connectivity index (χ0v) is 18.8. The maximum Gasteiger partial charge on any atom is 0.227 e. The van der Waals surface area contributed by atoms with Gasteiger partial charge >= 0.3 is 0 Å². The van der Waals surface area contributed by atoms with Crippen LogP contribution < -0.4 is 10.1 Å². The predicted molar refractivity (Wildman–Crippen MR) is 123 cm³/mol. The quantitative estimate of drug-likeness (QED) is 0.523. The number of benzene rings is 2. The molecule has 0 saturated carbocycles. The normalized spacial score (nSPS) is 13.4. The van der Waals surface area contributed by atoms with Crippen molar-refractivity contribution in [2.75, 3.05) is 26.7 Å². The van der Waals surface area contributed by atoms with Gasteiger partial charge in [-0.1, -0.05) is 51.5 Å². The van der Waals surface area contributed by atoms with Gasteiger partial charge in [0.2, 0.25) is 5.91 Å². The fourth-order valence-corrected chi connectivity index (χ4v) is 3.85. The third-order valence-electron chi connectivity index (χ3n) is 5.87. The zero-order valence-electron chi connectivity index (χ0n) is 18.8. The first-order valence-corrected chi connectivity index (χ1v) is 11.1. The third kappa shape index (κ3) is 6.74. The first kappa shape index (κ1) is 23.2. The summed E-state index contributed by atoms with van der Waals surface area (Å²) in [5.41, 5.74) is 1.05. The summed E-state index contributed by atoms with van der Waals surface area (Å²) in [6.07, 6.45) is 4.29. The first-order valence-electron chi connectivity index (χ1n) is 11.1. The van der Waals surface area contributed by atoms with Gasteiger partial charge in [-0.2, -0.15) is 0 Å². The fraction of sp³-hybridized carbons (Fsp3) is 0.560. The van der Waals surface area contributed by atoms with E-state index in [0.29, 0.717) is 0 Å². The summed E-state index contributed by atoms with van der Waals surface area (Å²) in [7, 11) is 1.68. The number of hydrogen-bond donors (Lipinski definition) is 1. The Bertz CT molecular complexity index is 771. The number of ether oxygens (including phenoxy) is 1. The number of carbonyl (C=O) groups is 1. The van der Waals surface area contributed by atoms with Crippen molar-refractivity contribution in [2.24, 2.45) is 0 Å². The standard InChI is InChI=1S/C25H38N2O2/c1-6-10-23(11-9-16-27(7-2)8-3)26-25(28)19(4)20-12-13-22-18-24(29-5)15-14-21(22)17-20/h12-15,17-19,23H,6-11,16H2,1-5H3,(H,26,28). The molecule has 2 rings (SSSR count). The molecular formula is C25H38N2O2. The second-order valence-electron chi connectivity index (χ2n) is 7.86. The van der Waals surface area contributed by atoms with Crippen molar-refractivity contribution in [3.05, 3.63) is 42.0 Å². The Kier molecular flexibility index (Phi) is 9.46. The monoisotopic (exact) mass is 398 g/mol. The number of fused-ring (bicyclic) bond motifs is 1. The van der Waals surface area contributed by atoms with Crippen LogP contribution in [0.4, 0.5) is 0 Å². The number of nitrogens with one attached hydrogen (secondary N) is 1. The SMILES string of the molecule is CCCC(CCCN(CC)CC)NC(=O)C(C)c1ccc2cc(OC)ccc2c1. The van der Waals surface area contributed by atoms with Crippen molar-refractivity contribution in [1.82, 2.24) is 10.2 Å². The van der Waals surface area contributed by atoms with E-state index >= 15 is 0 Å². The summed E-state index contributed by atoms with van der Waals surface area (Å²) < 4.78 is 5.30. The molecule has 1 amide bonds. The van der Waals surface area contributed by atoms with E-state index in [-0.39, 0.29) is 17.9 Å². The van der Waals surface area contributed by atoms with Crippen molar-refractivity contribution < 1.29 is 9.53 Å². The third-order valence-corrected chi connectivity index (χ3v) is 5.87. The van der Waals surface area contributed by atoms with Gasteiger partial charge in [-0.3, -0.25) is 4.79 Å². The van der Waals surface area contributed by atoms with Crippen molar-refractivity contribution in [2.45, 2.75) is 65.3 Å². The molecule has 29 heavy (non-hydrogen) atoms. The van der Waals surface area contributed by atoms with Crippen LogP contribution in [-0.2, 0) is 4.79 Å². The maximum absolute atomic E-state index is 12.9. The highest BCUT2D eigenvalue weighted by Crippen LogP contribution is 2.25. The van der Waals surface area contributed by atoms with Gasteiger partial charge in [0, 0.05) is 6.04 Å². The van der Waals surface area contributed by atoms with E-state index in [1.807, 2.05) is 19.1 Å². The van der Waals surface area contributed by atoms with Crippen LogP contribution in [0.25, 0.3) is 10.8 Å². The zero-order chi connectivity index (χ0) is 21.2. The van der Waals surface area contributed by atoms with E-state index in [0.717, 1.165) is 67.4 Å². The summed E-state index contributed by atoms with van der Waals surface area (Å²) in [5, 5.41) is 5.57. The van der Waals surface area contributed by atoms with Crippen LogP contribution in [0.1, 0.15) is 64.9 Å². The predicted octanol–water partition coefficient (Wildman–Crippen LogP) is 5.36. The summed E-state index contributed by atoms with van der Waals surface area (Å²) in [6, 6.07) is 12.5. The van der Waals surface area contributed by atoms with Gasteiger partial charge in [0.25, 0.3) is 0 Å². The molecule has 4 heteroatoms. The minimum Gasteiger partial charge on any atom is -0.497 e. The number of rotatable bonds is 12. The van der Waals surface area contributed by atoms with Crippen molar-refractivity contribution in [3.63, 3.8) is 0 Å². The smallest absolute Gasteiger partial charge is 0.227 e. The summed E-state index contributed by atoms with van der Waals surface area (Å²) in [6.45, 7) is 11.9. The minimum atomic E-state index is -0.163. The fourth-order valence-electron chi connectivity index (χ4n) is 3.85. The Morgan fingerprint density at radius 3 is 2.38 bits per heavy atom. The molecule has 0 aliphatic heterocycles. The van der Waals surface area contributed by atoms with Crippen LogP contribution in [0.3, 0.4) is 0 Å². The molecule has 0 aromatic heterocycles. The molecule has 2 unspecified atom stereocenters. The Balaban J connectivity index is 2.00. The number of amides is 1. The molecule has 2 aromatic rings. The summed E-state index contributed by atoms with van der Waals surface area (Å²) in [5.74, 6) is 0.811. The van der Waals surface area contributed by atoms with Crippen molar-refractivity contribution in [1.29, 1.82) is 0 Å². The molecule has 0 fully saturated rings. The van der Waals surface area contributed by atoms with Gasteiger partial charge in [0.05, 0.1) is 13.0 Å². The largest absolute Gasteiger partial charge is 0.497 e. The van der Waals surface area contributed by atoms with Crippen LogP contribution in [-0.4, -0.2) is 43.6 Å². The molecule has 0 aliphatic carbocycles. The minimum absolute atomic E-state index is 0.124. The van der Waals surface area contributed by atoms with E-state index in [4.69, 9.17) is 4.74 Å². The average Bonchev–Trinajstić information content (AvgIpc) is 2.75. The molecule has 4 nitrogen and oxygen atoms in total. The highest BCUT2D eigenvalue weighted by atomic mass is 16.5. The van der Waals surface area contributed by atoms with E-state index in [1.165, 1.54) is 0 Å². The molecule has 0 heterocycles. The van der Waals surface area contributed by atoms with E-state index in [1.54, 1.807) is 7.11 Å². The molecule has 1 N–H and O–H groups in total. The number of nitrogens with zero attached hydrogens (tertiary/aromatic N) is 1. The van der Waals surface area contributed by atoms with Gasteiger partial charge in [0.15, 0.2) is 0 Å². The average molecular weight is 399 g/mol. The van der Waals surface area contributed by atoms with Crippen LogP contribution in [0, 0.1) is 0 Å². The van der Waals surface area contributed by atoms with Crippen LogP contribution in [0.5, 0.6) is 5.75 Å². The molecular weight excluding hydrogens is 360 g/mol. The lowest BCUT2D eigenvalue weighted by Crippen LogP contribution is -2.38. The van der Waals surface area contributed by atoms with E-state index in [9.17, 15) is 4.79 Å². The molecule has 2 aromatic carbocycles. The van der Waals surface area contributed by atoms with Gasteiger partial charge in [-0.25, -0.2) is 0 Å². The molecule has 2 atom stereocenters. The topological polar surface area (TPSA) is 41.6 Å².